The van der Waals surface area contributed by atoms with Crippen molar-refractivity contribution in [2.45, 2.75) is 6.92 Å². The maximum Gasteiger partial charge on any atom is 0.186 e. The maximum atomic E-state index is 4.82. The minimum absolute atomic E-state index is 0.856. The van der Waals surface area contributed by atoms with Gasteiger partial charge in [0.25, 0.3) is 0 Å². The summed E-state index contributed by atoms with van der Waals surface area (Å²) in [4.78, 5) is 18.7. The summed E-state index contributed by atoms with van der Waals surface area (Å²) in [6.45, 7) is 5.79. The number of hydrogen-bond donors (Lipinski definition) is 0. The van der Waals surface area contributed by atoms with Crippen molar-refractivity contribution in [1.29, 1.82) is 0 Å². The number of aryl methyl sites for hydroxylation is 2. The molecular weight excluding hydrogens is 370 g/mol. The van der Waals surface area contributed by atoms with Crippen molar-refractivity contribution >= 4 is 32.5 Å². The summed E-state index contributed by atoms with van der Waals surface area (Å²) in [6.07, 6.45) is 7.41. The number of anilines is 2. The third-order valence-electron chi connectivity index (χ3n) is 5.03. The third-order valence-corrected chi connectivity index (χ3v) is 6.11. The Morgan fingerprint density at radius 1 is 0.964 bits per heavy atom. The van der Waals surface area contributed by atoms with E-state index in [2.05, 4.69) is 45.0 Å². The van der Waals surface area contributed by atoms with Crippen LogP contribution in [0.2, 0.25) is 0 Å². The molecule has 4 aromatic rings. The minimum atomic E-state index is 0.856. The molecule has 7 nitrogen and oxygen atoms in total. The molecule has 4 heterocycles. The SMILES string of the molecule is Cc1ccc2nc(N3CCN(c4cncc(-c5cnn(C)c5)n4)CC3)sc2c1. The molecule has 0 N–H and O–H groups in total. The van der Waals surface area contributed by atoms with Crippen molar-refractivity contribution in [2.24, 2.45) is 7.05 Å². The lowest BCUT2D eigenvalue weighted by Crippen LogP contribution is -2.46. The zero-order valence-corrected chi connectivity index (χ0v) is 16.7. The van der Waals surface area contributed by atoms with Gasteiger partial charge in [0.1, 0.15) is 5.82 Å². The van der Waals surface area contributed by atoms with Crippen LogP contribution in [0.25, 0.3) is 21.5 Å². The molecule has 0 aliphatic carbocycles. The van der Waals surface area contributed by atoms with Crippen LogP contribution in [0.1, 0.15) is 5.56 Å². The van der Waals surface area contributed by atoms with Gasteiger partial charge >= 0.3 is 0 Å². The number of hydrogen-bond acceptors (Lipinski definition) is 7. The van der Waals surface area contributed by atoms with Gasteiger partial charge < -0.3 is 9.80 Å². The first-order chi connectivity index (χ1) is 13.7. The van der Waals surface area contributed by atoms with Crippen LogP contribution in [0.4, 0.5) is 10.9 Å². The minimum Gasteiger partial charge on any atom is -0.352 e. The molecule has 0 radical (unpaired) electrons. The van der Waals surface area contributed by atoms with Crippen LogP contribution in [-0.2, 0) is 7.05 Å². The number of piperazine rings is 1. The molecular formula is C20H21N7S. The molecule has 0 spiro atoms. The second-order valence-corrected chi connectivity index (χ2v) is 8.12. The molecule has 1 fully saturated rings. The Bertz CT molecular complexity index is 1120. The van der Waals surface area contributed by atoms with E-state index in [1.807, 2.05) is 25.6 Å². The first-order valence-electron chi connectivity index (χ1n) is 9.34. The van der Waals surface area contributed by atoms with E-state index in [1.165, 1.54) is 10.3 Å². The smallest absolute Gasteiger partial charge is 0.186 e. The average Bonchev–Trinajstić information content (AvgIpc) is 3.34. The fourth-order valence-electron chi connectivity index (χ4n) is 3.48. The lowest BCUT2D eigenvalue weighted by molar-refractivity contribution is 0.645. The molecule has 0 saturated carbocycles. The normalized spacial score (nSPS) is 14.8. The van der Waals surface area contributed by atoms with E-state index in [0.717, 1.165) is 53.9 Å². The van der Waals surface area contributed by atoms with Gasteiger partial charge in [0.2, 0.25) is 0 Å². The van der Waals surface area contributed by atoms with Crippen molar-refractivity contribution in [3.8, 4) is 11.3 Å². The Kier molecular flexibility index (Phi) is 4.20. The molecule has 0 amide bonds. The Morgan fingerprint density at radius 2 is 1.79 bits per heavy atom. The number of fused-ring (bicyclic) bond motifs is 1. The number of aromatic nitrogens is 5. The van der Waals surface area contributed by atoms with Gasteiger partial charge in [-0.3, -0.25) is 9.67 Å². The van der Waals surface area contributed by atoms with E-state index in [-0.39, 0.29) is 0 Å². The van der Waals surface area contributed by atoms with E-state index in [9.17, 15) is 0 Å². The molecule has 0 atom stereocenters. The fourth-order valence-corrected chi connectivity index (χ4v) is 4.60. The number of nitrogens with zero attached hydrogens (tertiary/aromatic N) is 7. The molecule has 28 heavy (non-hydrogen) atoms. The highest BCUT2D eigenvalue weighted by molar-refractivity contribution is 7.22. The van der Waals surface area contributed by atoms with Gasteiger partial charge in [-0.05, 0) is 24.6 Å². The van der Waals surface area contributed by atoms with Gasteiger partial charge in [-0.2, -0.15) is 5.10 Å². The Hall–Kier alpha value is -3.00. The van der Waals surface area contributed by atoms with Crippen LogP contribution in [0, 0.1) is 6.92 Å². The van der Waals surface area contributed by atoms with Gasteiger partial charge in [0, 0.05) is 45.0 Å². The molecule has 0 unspecified atom stereocenters. The van der Waals surface area contributed by atoms with Gasteiger partial charge in [-0.1, -0.05) is 17.4 Å². The van der Waals surface area contributed by atoms with E-state index in [0.29, 0.717) is 0 Å². The zero-order chi connectivity index (χ0) is 19.1. The Labute approximate surface area is 167 Å². The molecule has 8 heteroatoms. The molecule has 0 bridgehead atoms. The fraction of sp³-hybridized carbons (Fsp3) is 0.300. The van der Waals surface area contributed by atoms with Gasteiger partial charge in [-0.15, -0.1) is 0 Å². The van der Waals surface area contributed by atoms with Crippen LogP contribution >= 0.6 is 11.3 Å². The van der Waals surface area contributed by atoms with Crippen LogP contribution in [0.5, 0.6) is 0 Å². The third kappa shape index (κ3) is 3.20. The van der Waals surface area contributed by atoms with E-state index in [1.54, 1.807) is 22.2 Å². The summed E-state index contributed by atoms with van der Waals surface area (Å²) in [6, 6.07) is 6.45. The van der Waals surface area contributed by atoms with Gasteiger partial charge in [0.15, 0.2) is 5.13 Å². The van der Waals surface area contributed by atoms with Crippen molar-refractivity contribution in [3.05, 3.63) is 48.5 Å². The number of rotatable bonds is 3. The van der Waals surface area contributed by atoms with E-state index >= 15 is 0 Å². The quantitative estimate of drug-likeness (QED) is 0.535. The highest BCUT2D eigenvalue weighted by Gasteiger charge is 2.21. The largest absolute Gasteiger partial charge is 0.352 e. The van der Waals surface area contributed by atoms with Crippen LogP contribution in [0.15, 0.2) is 43.0 Å². The lowest BCUT2D eigenvalue weighted by Gasteiger charge is -2.35. The second kappa shape index (κ2) is 6.87. The summed E-state index contributed by atoms with van der Waals surface area (Å²) in [5.41, 5.74) is 4.21. The average molecular weight is 392 g/mol. The number of benzene rings is 1. The summed E-state index contributed by atoms with van der Waals surface area (Å²) >= 11 is 1.78. The maximum absolute atomic E-state index is 4.82. The predicted molar refractivity (Wildman–Crippen MR) is 113 cm³/mol. The first kappa shape index (κ1) is 17.1. The van der Waals surface area contributed by atoms with Crippen LogP contribution in [-0.4, -0.2) is 50.9 Å². The van der Waals surface area contributed by atoms with Crippen LogP contribution < -0.4 is 9.80 Å². The summed E-state index contributed by atoms with van der Waals surface area (Å²) < 4.78 is 3.04. The highest BCUT2D eigenvalue weighted by atomic mass is 32.1. The summed E-state index contributed by atoms with van der Waals surface area (Å²) in [5, 5.41) is 5.33. The summed E-state index contributed by atoms with van der Waals surface area (Å²) in [7, 11) is 1.91. The predicted octanol–water partition coefficient (Wildman–Crippen LogP) is 3.12. The van der Waals surface area contributed by atoms with Gasteiger partial charge in [0.05, 0.1) is 34.5 Å². The van der Waals surface area contributed by atoms with Crippen molar-refractivity contribution in [3.63, 3.8) is 0 Å². The number of thiazole rings is 1. The first-order valence-corrected chi connectivity index (χ1v) is 10.2. The highest BCUT2D eigenvalue weighted by Crippen LogP contribution is 2.30. The Morgan fingerprint density at radius 3 is 2.57 bits per heavy atom. The van der Waals surface area contributed by atoms with Crippen molar-refractivity contribution in [2.75, 3.05) is 36.0 Å². The topological polar surface area (TPSA) is 63.0 Å². The molecule has 1 saturated heterocycles. The Balaban J connectivity index is 1.31. The molecule has 1 aromatic carbocycles. The van der Waals surface area contributed by atoms with E-state index < -0.39 is 0 Å². The van der Waals surface area contributed by atoms with Crippen molar-refractivity contribution in [1.82, 2.24) is 24.7 Å². The molecule has 142 valence electrons. The van der Waals surface area contributed by atoms with Crippen molar-refractivity contribution < 1.29 is 0 Å². The van der Waals surface area contributed by atoms with Crippen LogP contribution in [0.3, 0.4) is 0 Å². The molecule has 3 aromatic heterocycles. The monoisotopic (exact) mass is 391 g/mol. The van der Waals surface area contributed by atoms with Gasteiger partial charge in [-0.25, -0.2) is 9.97 Å². The second-order valence-electron chi connectivity index (χ2n) is 7.11. The standard InChI is InChI=1S/C20H21N7S/c1-14-3-4-16-18(9-14)28-20(24-16)27-7-5-26(6-8-27)19-12-21-11-17(23-19)15-10-22-25(2)13-15/h3-4,9-13H,5-8H2,1-2H3. The molecule has 1 aliphatic heterocycles. The zero-order valence-electron chi connectivity index (χ0n) is 15.9. The molecule has 1 aliphatic rings. The lowest BCUT2D eigenvalue weighted by atomic mass is 10.2. The molecule has 5 rings (SSSR count). The summed E-state index contributed by atoms with van der Waals surface area (Å²) in [5.74, 6) is 0.918. The van der Waals surface area contributed by atoms with E-state index in [4.69, 9.17) is 9.97 Å².